The Kier molecular flexibility index (Phi) is 5.52. The summed E-state index contributed by atoms with van der Waals surface area (Å²) in [7, 11) is 0. The molecule has 0 bridgehead atoms. The van der Waals surface area contributed by atoms with Crippen LogP contribution in [0.15, 0.2) is 24.3 Å². The Labute approximate surface area is 168 Å². The molecule has 0 spiro atoms. The predicted octanol–water partition coefficient (Wildman–Crippen LogP) is 0.821. The van der Waals surface area contributed by atoms with Gasteiger partial charge in [0.2, 0.25) is 5.91 Å². The van der Waals surface area contributed by atoms with Crippen molar-refractivity contribution in [2.75, 3.05) is 44.2 Å². The van der Waals surface area contributed by atoms with Crippen LogP contribution in [0, 0.1) is 5.92 Å². The number of amides is 1. The lowest BCUT2D eigenvalue weighted by atomic mass is 9.89. The Morgan fingerprint density at radius 1 is 1.15 bits per heavy atom. The van der Waals surface area contributed by atoms with E-state index in [-0.39, 0.29) is 24.4 Å². The van der Waals surface area contributed by atoms with E-state index in [1.165, 1.54) is 4.70 Å². The molecule has 1 aromatic carbocycles. The van der Waals surface area contributed by atoms with Crippen LogP contribution in [0.4, 0.5) is 5.13 Å². The number of thiazole rings is 1. The molecule has 2 aromatic rings. The maximum atomic E-state index is 13.0. The molecule has 5 rings (SSSR count). The van der Waals surface area contributed by atoms with Gasteiger partial charge in [0, 0.05) is 44.7 Å². The van der Waals surface area contributed by atoms with Gasteiger partial charge in [-0.2, -0.15) is 0 Å². The second-order valence-electron chi connectivity index (χ2n) is 7.31. The summed E-state index contributed by atoms with van der Waals surface area (Å²) in [5.41, 5.74) is 7.63. The number of carbonyl (C=O) groups is 1. The molecule has 3 fully saturated rings. The van der Waals surface area contributed by atoms with Crippen LogP contribution in [0.3, 0.4) is 0 Å². The highest BCUT2D eigenvalue weighted by Crippen LogP contribution is 2.29. The maximum Gasteiger partial charge on any atom is 0.241 e. The summed E-state index contributed by atoms with van der Waals surface area (Å²) in [6, 6.07) is 8.55. The van der Waals surface area contributed by atoms with Gasteiger partial charge in [-0.15, -0.1) is 12.4 Å². The van der Waals surface area contributed by atoms with Crippen LogP contribution < -0.4 is 21.1 Å². The largest absolute Gasteiger partial charge is 0.345 e. The van der Waals surface area contributed by atoms with Crippen molar-refractivity contribution in [3.63, 3.8) is 0 Å². The fourth-order valence-corrected chi connectivity index (χ4v) is 5.29. The first-order valence-corrected chi connectivity index (χ1v) is 10.2. The van der Waals surface area contributed by atoms with Gasteiger partial charge in [0.25, 0.3) is 0 Å². The quantitative estimate of drug-likeness (QED) is 0.683. The fourth-order valence-electron chi connectivity index (χ4n) is 4.27. The lowest BCUT2D eigenvalue weighted by Gasteiger charge is -2.37. The van der Waals surface area contributed by atoms with Crippen LogP contribution >= 0.6 is 23.7 Å². The first kappa shape index (κ1) is 18.9. The minimum atomic E-state index is -0.109. The summed E-state index contributed by atoms with van der Waals surface area (Å²) < 4.78 is 1.22. The van der Waals surface area contributed by atoms with Crippen molar-refractivity contribution < 1.29 is 4.79 Å². The molecule has 1 aromatic heterocycles. The molecule has 3 N–H and O–H groups in total. The van der Waals surface area contributed by atoms with Gasteiger partial charge in [-0.1, -0.05) is 23.5 Å². The number of piperazine rings is 1. The highest BCUT2D eigenvalue weighted by atomic mass is 35.5. The zero-order valence-electron chi connectivity index (χ0n) is 15.1. The molecule has 146 valence electrons. The number of anilines is 1. The van der Waals surface area contributed by atoms with Crippen molar-refractivity contribution in [2.45, 2.75) is 18.5 Å². The highest BCUT2D eigenvalue weighted by Gasteiger charge is 2.43. The normalized spacial score (nSPS) is 28.1. The number of fused-ring (bicyclic) bond motifs is 2. The van der Waals surface area contributed by atoms with E-state index in [0.717, 1.165) is 56.3 Å². The zero-order valence-corrected chi connectivity index (χ0v) is 16.7. The number of hydrogen-bond acceptors (Lipinski definition) is 7. The predicted molar refractivity (Wildman–Crippen MR) is 110 cm³/mol. The van der Waals surface area contributed by atoms with E-state index < -0.39 is 0 Å². The number of para-hydroxylation sites is 1. The van der Waals surface area contributed by atoms with Gasteiger partial charge < -0.3 is 15.1 Å². The number of rotatable bonds is 2. The number of halogens is 1. The minimum Gasteiger partial charge on any atom is -0.345 e. The Bertz CT molecular complexity index is 775. The van der Waals surface area contributed by atoms with E-state index in [4.69, 9.17) is 4.98 Å². The van der Waals surface area contributed by atoms with E-state index in [1.807, 2.05) is 11.0 Å². The fraction of sp³-hybridized carbons (Fsp3) is 0.556. The van der Waals surface area contributed by atoms with Crippen LogP contribution in [0.5, 0.6) is 0 Å². The molecule has 3 saturated heterocycles. The molecule has 7 nitrogen and oxygen atoms in total. The summed E-state index contributed by atoms with van der Waals surface area (Å²) in [6.07, 6.45) is 1.08. The molecule has 0 aliphatic carbocycles. The van der Waals surface area contributed by atoms with Gasteiger partial charge in [-0.05, 0) is 25.1 Å². The van der Waals surface area contributed by atoms with Gasteiger partial charge in [0.1, 0.15) is 6.04 Å². The second-order valence-corrected chi connectivity index (χ2v) is 8.32. The lowest BCUT2D eigenvalue weighted by molar-refractivity contribution is -0.134. The van der Waals surface area contributed by atoms with Crippen LogP contribution in [0.1, 0.15) is 6.42 Å². The average Bonchev–Trinajstić information content (AvgIpc) is 3.32. The number of aromatic nitrogens is 1. The molecular formula is C18H25ClN6OS. The van der Waals surface area contributed by atoms with Crippen molar-refractivity contribution in [3.8, 4) is 0 Å². The molecule has 3 atom stereocenters. The second kappa shape index (κ2) is 7.89. The van der Waals surface area contributed by atoms with Gasteiger partial charge in [-0.25, -0.2) is 10.4 Å². The van der Waals surface area contributed by atoms with Gasteiger partial charge in [-0.3, -0.25) is 10.2 Å². The molecule has 0 radical (unpaired) electrons. The summed E-state index contributed by atoms with van der Waals surface area (Å²) in [6.45, 7) is 5.15. The summed E-state index contributed by atoms with van der Waals surface area (Å²) >= 11 is 1.73. The van der Waals surface area contributed by atoms with Crippen LogP contribution in [0.25, 0.3) is 10.2 Å². The van der Waals surface area contributed by atoms with Crippen molar-refractivity contribution in [3.05, 3.63) is 24.3 Å². The maximum absolute atomic E-state index is 13.0. The van der Waals surface area contributed by atoms with Gasteiger partial charge >= 0.3 is 0 Å². The van der Waals surface area contributed by atoms with E-state index >= 15 is 0 Å². The van der Waals surface area contributed by atoms with Crippen LogP contribution in [-0.2, 0) is 4.79 Å². The third kappa shape index (κ3) is 3.52. The topological polar surface area (TPSA) is 72.5 Å². The SMILES string of the molecule is Cl.O=C(C1NNC2CCNCC21)N1CCN(c2nc3ccccc3s2)CC1. The van der Waals surface area contributed by atoms with Crippen LogP contribution in [-0.4, -0.2) is 67.1 Å². The molecule has 9 heteroatoms. The van der Waals surface area contributed by atoms with Crippen molar-refractivity contribution in [1.82, 2.24) is 26.1 Å². The first-order valence-electron chi connectivity index (χ1n) is 9.41. The molecule has 3 unspecified atom stereocenters. The van der Waals surface area contributed by atoms with Gasteiger partial charge in [0.05, 0.1) is 10.2 Å². The van der Waals surface area contributed by atoms with Crippen LogP contribution in [0.2, 0.25) is 0 Å². The summed E-state index contributed by atoms with van der Waals surface area (Å²) in [4.78, 5) is 22.1. The Morgan fingerprint density at radius 2 is 1.96 bits per heavy atom. The monoisotopic (exact) mass is 408 g/mol. The van der Waals surface area contributed by atoms with E-state index in [1.54, 1.807) is 11.3 Å². The third-order valence-corrected chi connectivity index (χ3v) is 6.89. The third-order valence-electron chi connectivity index (χ3n) is 5.79. The number of hydrazine groups is 1. The summed E-state index contributed by atoms with van der Waals surface area (Å²) in [5.74, 6) is 0.580. The first-order chi connectivity index (χ1) is 12.8. The lowest BCUT2D eigenvalue weighted by Crippen LogP contribution is -2.56. The molecule has 4 heterocycles. The Balaban J connectivity index is 0.00000180. The number of nitrogens with zero attached hydrogens (tertiary/aromatic N) is 3. The van der Waals surface area contributed by atoms with Crippen molar-refractivity contribution in [2.24, 2.45) is 5.92 Å². The van der Waals surface area contributed by atoms with Crippen molar-refractivity contribution >= 4 is 45.0 Å². The van der Waals surface area contributed by atoms with E-state index in [2.05, 4.69) is 39.3 Å². The van der Waals surface area contributed by atoms with Gasteiger partial charge in [0.15, 0.2) is 5.13 Å². The number of carbonyl (C=O) groups excluding carboxylic acids is 1. The summed E-state index contributed by atoms with van der Waals surface area (Å²) in [5, 5.41) is 4.48. The number of nitrogens with one attached hydrogen (secondary N) is 3. The number of piperidine rings is 1. The molecule has 0 saturated carbocycles. The Hall–Kier alpha value is -1.45. The molecule has 3 aliphatic rings. The molecular weight excluding hydrogens is 384 g/mol. The molecule has 1 amide bonds. The molecule has 3 aliphatic heterocycles. The standard InChI is InChI=1S/C18H24N6OS.ClH/c25-17(16-12-11-19-6-5-13(12)21-22-16)23-7-9-24(10-8-23)18-20-14-3-1-2-4-15(14)26-18;/h1-4,12-13,16,19,21-22H,5-11H2;1H. The smallest absolute Gasteiger partial charge is 0.241 e. The van der Waals surface area contributed by atoms with E-state index in [9.17, 15) is 4.79 Å². The highest BCUT2D eigenvalue weighted by molar-refractivity contribution is 7.22. The molecule has 27 heavy (non-hydrogen) atoms. The number of hydrogen-bond donors (Lipinski definition) is 3. The average molecular weight is 409 g/mol. The van der Waals surface area contributed by atoms with E-state index in [0.29, 0.717) is 12.0 Å². The minimum absolute atomic E-state index is 0. The Morgan fingerprint density at radius 3 is 2.78 bits per heavy atom. The van der Waals surface area contributed by atoms with Crippen molar-refractivity contribution in [1.29, 1.82) is 0 Å². The zero-order chi connectivity index (χ0) is 17.5. The number of benzene rings is 1.